The number of Topliss-reactive ketones (excluding diaryl/α,β-unsaturated/α-hetero) is 1. The van der Waals surface area contributed by atoms with E-state index in [0.29, 0.717) is 12.8 Å². The van der Waals surface area contributed by atoms with Gasteiger partial charge in [0.2, 0.25) is 0 Å². The maximum absolute atomic E-state index is 14.2. The fraction of sp³-hybridized carbons (Fsp3) is 0.741. The lowest BCUT2D eigenvalue weighted by molar-refractivity contribution is -0.211. The van der Waals surface area contributed by atoms with Gasteiger partial charge < -0.3 is 23.4 Å². The molecule has 0 amide bonds. The number of hydrogen-bond donors (Lipinski definition) is 0. The summed E-state index contributed by atoms with van der Waals surface area (Å²) in [6.07, 6.45) is 3.31. The molecule has 6 rings (SSSR count). The molecule has 9 atom stereocenters. The minimum Gasteiger partial charge on any atom is -0.472 e. The van der Waals surface area contributed by atoms with E-state index in [-0.39, 0.29) is 30.0 Å². The summed E-state index contributed by atoms with van der Waals surface area (Å²) in [4.78, 5) is 39.8. The van der Waals surface area contributed by atoms with E-state index in [1.807, 2.05) is 26.8 Å². The number of epoxide rings is 1. The van der Waals surface area contributed by atoms with Crippen molar-refractivity contribution in [2.24, 2.45) is 28.1 Å². The zero-order valence-corrected chi connectivity index (χ0v) is 21.2. The Morgan fingerprint density at radius 3 is 2.49 bits per heavy atom. The number of fused-ring (bicyclic) bond motifs is 3. The fourth-order valence-electron chi connectivity index (χ4n) is 9.17. The summed E-state index contributed by atoms with van der Waals surface area (Å²) in [5.41, 5.74) is -2.79. The number of cyclic esters (lactones) is 1. The van der Waals surface area contributed by atoms with Gasteiger partial charge in [0.1, 0.15) is 17.5 Å². The van der Waals surface area contributed by atoms with Crippen molar-refractivity contribution in [3.63, 3.8) is 0 Å². The van der Waals surface area contributed by atoms with Crippen LogP contribution in [0.15, 0.2) is 23.0 Å². The summed E-state index contributed by atoms with van der Waals surface area (Å²) >= 11 is 0. The molecule has 1 aromatic rings. The lowest BCUT2D eigenvalue weighted by atomic mass is 9.37. The number of carbonyl (C=O) groups excluding carboxylic acids is 3. The molecular weight excluding hydrogens is 452 g/mol. The minimum absolute atomic E-state index is 0.0617. The first-order valence-electron chi connectivity index (χ1n) is 12.6. The highest BCUT2D eigenvalue weighted by molar-refractivity contribution is 5.93. The lowest BCUT2D eigenvalue weighted by Gasteiger charge is -2.64. The third-order valence-electron chi connectivity index (χ3n) is 10.8. The second-order valence-corrected chi connectivity index (χ2v) is 12.4. The maximum Gasteiger partial charge on any atom is 0.339 e. The average molecular weight is 487 g/mol. The van der Waals surface area contributed by atoms with Gasteiger partial charge in [-0.05, 0) is 45.6 Å². The van der Waals surface area contributed by atoms with Crippen molar-refractivity contribution in [3.05, 3.63) is 24.2 Å². The Hall–Kier alpha value is -2.19. The standard InChI is InChI=1S/C27H34O8/c1-23(2)16-11-17(28)26(5)15(25(16,4)18(34-23)12-19(29)31-6)7-9-24(3)20(14-8-10-32-13-14)33-22(30)21-27(24,26)35-21/h8,10,13,15-16,18,20-21H,7,9,11-12H2,1-6H3/t15?,16-,18-,20-,21+,24-,25+,26-,27+/m0/s1. The highest BCUT2D eigenvalue weighted by Crippen LogP contribution is 2.79. The van der Waals surface area contributed by atoms with Crippen LogP contribution in [0.3, 0.4) is 0 Å². The lowest BCUT2D eigenvalue weighted by Crippen LogP contribution is -2.71. The third kappa shape index (κ3) is 2.48. The zero-order valence-electron chi connectivity index (χ0n) is 21.2. The molecule has 0 bridgehead atoms. The van der Waals surface area contributed by atoms with Crippen molar-refractivity contribution in [2.75, 3.05) is 7.11 Å². The second kappa shape index (κ2) is 6.76. The molecular formula is C27H34O8. The van der Waals surface area contributed by atoms with Gasteiger partial charge >= 0.3 is 11.9 Å². The molecule has 0 N–H and O–H groups in total. The van der Waals surface area contributed by atoms with Crippen LogP contribution in [-0.4, -0.2) is 48.2 Å². The van der Waals surface area contributed by atoms with Gasteiger partial charge in [0.15, 0.2) is 6.10 Å². The Morgan fingerprint density at radius 1 is 1.09 bits per heavy atom. The van der Waals surface area contributed by atoms with E-state index in [1.54, 1.807) is 12.5 Å². The van der Waals surface area contributed by atoms with Crippen LogP contribution in [0.25, 0.3) is 0 Å². The number of ether oxygens (including phenoxy) is 4. The molecule has 3 aliphatic heterocycles. The zero-order chi connectivity index (χ0) is 25.2. The highest BCUT2D eigenvalue weighted by Gasteiger charge is 2.89. The Kier molecular flexibility index (Phi) is 4.49. The van der Waals surface area contributed by atoms with E-state index in [2.05, 4.69) is 13.8 Å². The first kappa shape index (κ1) is 23.2. The molecule has 1 unspecified atom stereocenters. The van der Waals surface area contributed by atoms with Gasteiger partial charge in [-0.1, -0.05) is 13.8 Å². The number of ketones is 1. The Balaban J connectivity index is 1.49. The van der Waals surface area contributed by atoms with E-state index in [4.69, 9.17) is 23.4 Å². The third-order valence-corrected chi connectivity index (χ3v) is 10.8. The van der Waals surface area contributed by atoms with E-state index >= 15 is 0 Å². The summed E-state index contributed by atoms with van der Waals surface area (Å²) in [6, 6.07) is 1.81. The molecule has 1 spiro atoms. The van der Waals surface area contributed by atoms with E-state index in [0.717, 1.165) is 12.0 Å². The number of methoxy groups -OCH3 is 1. The van der Waals surface area contributed by atoms with Crippen molar-refractivity contribution in [3.8, 4) is 0 Å². The van der Waals surface area contributed by atoms with Gasteiger partial charge in [-0.25, -0.2) is 4.79 Å². The SMILES string of the molecule is COC(=O)C[C@@H]1OC(C)(C)[C@@H]2CC(=O)[C@]3(C)C(CC[C@@]4(C)[C@H](c5ccoc5)OC(=O)[C@H]5O[C@]543)[C@@]12C. The first-order valence-corrected chi connectivity index (χ1v) is 12.6. The van der Waals surface area contributed by atoms with Gasteiger partial charge in [0.05, 0.1) is 43.2 Å². The molecule has 0 radical (unpaired) electrons. The number of hydrogen-bond acceptors (Lipinski definition) is 8. The van der Waals surface area contributed by atoms with Crippen LogP contribution in [0.4, 0.5) is 0 Å². The largest absolute Gasteiger partial charge is 0.472 e. The van der Waals surface area contributed by atoms with Gasteiger partial charge in [0, 0.05) is 28.7 Å². The number of esters is 2. The quantitative estimate of drug-likeness (QED) is 0.470. The maximum atomic E-state index is 14.2. The normalized spacial score (nSPS) is 49.3. The minimum atomic E-state index is -0.978. The summed E-state index contributed by atoms with van der Waals surface area (Å²) in [5.74, 6) is -0.842. The van der Waals surface area contributed by atoms with Gasteiger partial charge in [-0.2, -0.15) is 0 Å². The fourth-order valence-corrected chi connectivity index (χ4v) is 9.17. The van der Waals surface area contributed by atoms with Crippen LogP contribution in [0.2, 0.25) is 0 Å². The number of carbonyl (C=O) groups is 3. The molecule has 8 nitrogen and oxygen atoms in total. The van der Waals surface area contributed by atoms with Crippen LogP contribution in [0.1, 0.15) is 72.0 Å². The van der Waals surface area contributed by atoms with Crippen LogP contribution in [-0.2, 0) is 33.3 Å². The smallest absolute Gasteiger partial charge is 0.339 e. The van der Waals surface area contributed by atoms with Crippen molar-refractivity contribution in [1.29, 1.82) is 0 Å². The predicted octanol–water partition coefficient (Wildman–Crippen LogP) is 3.77. The summed E-state index contributed by atoms with van der Waals surface area (Å²) in [5, 5.41) is 0. The predicted molar refractivity (Wildman–Crippen MR) is 121 cm³/mol. The van der Waals surface area contributed by atoms with Crippen LogP contribution in [0, 0.1) is 28.1 Å². The summed E-state index contributed by atoms with van der Waals surface area (Å²) < 4.78 is 29.2. The summed E-state index contributed by atoms with van der Waals surface area (Å²) in [7, 11) is 1.38. The van der Waals surface area contributed by atoms with Crippen LogP contribution < -0.4 is 0 Å². The Morgan fingerprint density at radius 2 is 1.83 bits per heavy atom. The Bertz CT molecular complexity index is 1110. The van der Waals surface area contributed by atoms with Gasteiger partial charge in [-0.15, -0.1) is 0 Å². The molecule has 0 aromatic carbocycles. The molecule has 8 heteroatoms. The highest BCUT2D eigenvalue weighted by atomic mass is 16.7. The Labute approximate surface area is 205 Å². The van der Waals surface area contributed by atoms with Gasteiger partial charge in [0.25, 0.3) is 0 Å². The second-order valence-electron chi connectivity index (χ2n) is 12.4. The van der Waals surface area contributed by atoms with Gasteiger partial charge in [-0.3, -0.25) is 9.59 Å². The molecule has 5 fully saturated rings. The van der Waals surface area contributed by atoms with E-state index < -0.39 is 51.7 Å². The molecule has 3 saturated heterocycles. The molecule has 4 heterocycles. The van der Waals surface area contributed by atoms with Crippen LogP contribution >= 0.6 is 0 Å². The molecule has 2 aliphatic carbocycles. The van der Waals surface area contributed by atoms with Crippen molar-refractivity contribution in [2.45, 2.75) is 89.8 Å². The molecule has 190 valence electrons. The molecule has 2 saturated carbocycles. The van der Waals surface area contributed by atoms with Crippen molar-refractivity contribution < 1.29 is 37.7 Å². The average Bonchev–Trinajstić information content (AvgIpc) is 3.30. The van der Waals surface area contributed by atoms with E-state index in [9.17, 15) is 14.4 Å². The molecule has 5 aliphatic rings. The topological polar surface area (TPSA) is 105 Å². The number of furan rings is 1. The molecule has 35 heavy (non-hydrogen) atoms. The van der Waals surface area contributed by atoms with Crippen molar-refractivity contribution in [1.82, 2.24) is 0 Å². The molecule has 1 aromatic heterocycles. The van der Waals surface area contributed by atoms with Crippen LogP contribution in [0.5, 0.6) is 0 Å². The summed E-state index contributed by atoms with van der Waals surface area (Å²) in [6.45, 7) is 10.3. The number of rotatable bonds is 3. The monoisotopic (exact) mass is 486 g/mol. The van der Waals surface area contributed by atoms with Crippen molar-refractivity contribution >= 4 is 17.7 Å². The first-order chi connectivity index (χ1) is 16.4. The van der Waals surface area contributed by atoms with E-state index in [1.165, 1.54) is 7.11 Å².